The van der Waals surface area contributed by atoms with Crippen molar-refractivity contribution in [3.63, 3.8) is 0 Å². The highest BCUT2D eigenvalue weighted by Crippen LogP contribution is 2.31. The average Bonchev–Trinajstić information content (AvgIpc) is 3.02. The quantitative estimate of drug-likeness (QED) is 0.731. The maximum Gasteiger partial charge on any atom is 0.108 e. The maximum atomic E-state index is 4.46. The van der Waals surface area contributed by atoms with Crippen LogP contribution in [0.1, 0.15) is 24.4 Å². The first kappa shape index (κ1) is 14.0. The summed E-state index contributed by atoms with van der Waals surface area (Å²) in [6.07, 6.45) is 3.89. The zero-order valence-corrected chi connectivity index (χ0v) is 13.7. The van der Waals surface area contributed by atoms with E-state index in [0.29, 0.717) is 0 Å². The number of hydrogen-bond donors (Lipinski definition) is 0. The molecule has 3 aromatic heterocycles. The lowest BCUT2D eigenvalue weighted by molar-refractivity contribution is 0.623. The van der Waals surface area contributed by atoms with Gasteiger partial charge in [0.1, 0.15) is 5.69 Å². The number of hydrogen-bond acceptors (Lipinski definition) is 3. The van der Waals surface area contributed by atoms with Crippen molar-refractivity contribution < 1.29 is 0 Å². The topological polar surface area (TPSA) is 48.5 Å². The molecule has 3 rings (SSSR count). The van der Waals surface area contributed by atoms with Crippen molar-refractivity contribution in [2.24, 2.45) is 7.05 Å². The van der Waals surface area contributed by atoms with E-state index in [-0.39, 0.29) is 6.04 Å². The summed E-state index contributed by atoms with van der Waals surface area (Å²) in [6.45, 7) is 4.11. The summed E-state index contributed by atoms with van der Waals surface area (Å²) in [5.74, 6) is 0. The Morgan fingerprint density at radius 1 is 1.29 bits per heavy atom. The molecule has 3 heterocycles. The Balaban J connectivity index is 2.13. The van der Waals surface area contributed by atoms with Crippen molar-refractivity contribution in [3.8, 4) is 11.4 Å². The maximum absolute atomic E-state index is 4.46. The van der Waals surface area contributed by atoms with Crippen LogP contribution in [0.4, 0.5) is 0 Å². The summed E-state index contributed by atoms with van der Waals surface area (Å²) in [7, 11) is 1.91. The summed E-state index contributed by atoms with van der Waals surface area (Å²) in [5, 5.41) is 8.24. The van der Waals surface area contributed by atoms with Gasteiger partial charge in [-0.1, -0.05) is 11.3 Å². The highest BCUT2D eigenvalue weighted by Gasteiger charge is 2.19. The van der Waals surface area contributed by atoms with Crippen LogP contribution in [0.5, 0.6) is 0 Å². The van der Waals surface area contributed by atoms with Crippen molar-refractivity contribution in [3.05, 3.63) is 52.5 Å². The highest BCUT2D eigenvalue weighted by molar-refractivity contribution is 9.10. The molecule has 21 heavy (non-hydrogen) atoms. The summed E-state index contributed by atoms with van der Waals surface area (Å²) in [5.41, 5.74) is 4.03. The molecule has 5 nitrogen and oxygen atoms in total. The van der Waals surface area contributed by atoms with E-state index in [4.69, 9.17) is 0 Å². The minimum Gasteiger partial charge on any atom is -0.336 e. The fraction of sp³-hybridized carbons (Fsp3) is 0.267. The van der Waals surface area contributed by atoms with Crippen molar-refractivity contribution >= 4 is 15.9 Å². The normalized spacial score (nSPS) is 12.6. The lowest BCUT2D eigenvalue weighted by Gasteiger charge is -2.17. The summed E-state index contributed by atoms with van der Waals surface area (Å²) in [4.78, 5) is 4.46. The third-order valence-corrected chi connectivity index (χ3v) is 4.02. The number of aryl methyl sites for hydroxylation is 2. The lowest BCUT2D eigenvalue weighted by Crippen LogP contribution is -2.10. The van der Waals surface area contributed by atoms with Crippen LogP contribution in [-0.4, -0.2) is 24.5 Å². The van der Waals surface area contributed by atoms with Gasteiger partial charge in [-0.2, -0.15) is 0 Å². The fourth-order valence-corrected chi connectivity index (χ4v) is 2.97. The molecule has 0 aromatic carbocycles. The zero-order chi connectivity index (χ0) is 15.0. The first-order valence-corrected chi connectivity index (χ1v) is 7.52. The lowest BCUT2D eigenvalue weighted by atomic mass is 10.2. The molecule has 0 amide bonds. The Morgan fingerprint density at radius 2 is 2.10 bits per heavy atom. The Bertz CT molecular complexity index is 740. The van der Waals surface area contributed by atoms with Gasteiger partial charge in [0.05, 0.1) is 23.1 Å². The van der Waals surface area contributed by atoms with Gasteiger partial charge in [-0.15, -0.1) is 5.10 Å². The number of nitrogens with zero attached hydrogens (tertiary/aromatic N) is 5. The standard InChI is InChI=1S/C15H16BrN5/c1-10-15(20(3)19-18-10)14-8-12(16)9-21(14)11(2)13-6-4-5-7-17-13/h4-9,11H,1-3H3. The van der Waals surface area contributed by atoms with E-state index in [1.807, 2.05) is 38.4 Å². The largest absolute Gasteiger partial charge is 0.336 e. The van der Waals surface area contributed by atoms with E-state index in [2.05, 4.69) is 55.0 Å². The molecular formula is C15H16BrN5. The highest BCUT2D eigenvalue weighted by atomic mass is 79.9. The molecule has 0 bridgehead atoms. The Hall–Kier alpha value is -1.95. The molecule has 1 atom stereocenters. The van der Waals surface area contributed by atoms with E-state index >= 15 is 0 Å². The van der Waals surface area contributed by atoms with E-state index < -0.39 is 0 Å². The minimum atomic E-state index is 0.127. The van der Waals surface area contributed by atoms with Crippen LogP contribution >= 0.6 is 15.9 Å². The number of halogens is 1. The van der Waals surface area contributed by atoms with Gasteiger partial charge in [0.2, 0.25) is 0 Å². The van der Waals surface area contributed by atoms with Crippen LogP contribution in [0.15, 0.2) is 41.1 Å². The SMILES string of the molecule is Cc1nnn(C)c1-c1cc(Br)cn1C(C)c1ccccn1. The molecule has 0 saturated heterocycles. The number of aromatic nitrogens is 5. The van der Waals surface area contributed by atoms with Gasteiger partial charge >= 0.3 is 0 Å². The molecular weight excluding hydrogens is 330 g/mol. The molecule has 1 unspecified atom stereocenters. The molecule has 0 fully saturated rings. The van der Waals surface area contributed by atoms with Crippen molar-refractivity contribution in [1.82, 2.24) is 24.5 Å². The minimum absolute atomic E-state index is 0.127. The zero-order valence-electron chi connectivity index (χ0n) is 12.2. The predicted molar refractivity (Wildman–Crippen MR) is 84.9 cm³/mol. The van der Waals surface area contributed by atoms with Crippen LogP contribution in [0.3, 0.4) is 0 Å². The third-order valence-electron chi connectivity index (χ3n) is 3.59. The molecule has 0 spiro atoms. The fourth-order valence-electron chi connectivity index (χ4n) is 2.53. The van der Waals surface area contributed by atoms with E-state index in [0.717, 1.165) is 27.2 Å². The van der Waals surface area contributed by atoms with E-state index in [1.54, 1.807) is 4.68 Å². The van der Waals surface area contributed by atoms with Gasteiger partial charge in [-0.3, -0.25) is 4.98 Å². The number of pyridine rings is 1. The molecule has 0 aliphatic heterocycles. The molecule has 0 aliphatic rings. The van der Waals surface area contributed by atoms with Crippen LogP contribution in [0.25, 0.3) is 11.4 Å². The summed E-state index contributed by atoms with van der Waals surface area (Å²) >= 11 is 3.57. The van der Waals surface area contributed by atoms with Crippen LogP contribution in [0, 0.1) is 6.92 Å². The summed E-state index contributed by atoms with van der Waals surface area (Å²) < 4.78 is 5.03. The van der Waals surface area contributed by atoms with Crippen molar-refractivity contribution in [2.75, 3.05) is 0 Å². The second kappa shape index (κ2) is 5.44. The van der Waals surface area contributed by atoms with Gasteiger partial charge in [0.15, 0.2) is 0 Å². The van der Waals surface area contributed by atoms with Crippen LogP contribution in [-0.2, 0) is 7.05 Å². The van der Waals surface area contributed by atoms with Crippen molar-refractivity contribution in [2.45, 2.75) is 19.9 Å². The average molecular weight is 346 g/mol. The molecule has 0 aliphatic carbocycles. The molecule has 3 aromatic rings. The molecule has 0 N–H and O–H groups in total. The first-order valence-electron chi connectivity index (χ1n) is 6.73. The van der Waals surface area contributed by atoms with Gasteiger partial charge in [0.25, 0.3) is 0 Å². The molecule has 0 radical (unpaired) electrons. The van der Waals surface area contributed by atoms with Crippen LogP contribution < -0.4 is 0 Å². The smallest absolute Gasteiger partial charge is 0.108 e. The monoisotopic (exact) mass is 345 g/mol. The van der Waals surface area contributed by atoms with Crippen LogP contribution in [0.2, 0.25) is 0 Å². The third kappa shape index (κ3) is 2.51. The van der Waals surface area contributed by atoms with Gasteiger partial charge in [-0.25, -0.2) is 4.68 Å². The predicted octanol–water partition coefficient (Wildman–Crippen LogP) is 3.36. The summed E-state index contributed by atoms with van der Waals surface area (Å²) in [6, 6.07) is 8.19. The van der Waals surface area contributed by atoms with E-state index in [1.165, 1.54) is 0 Å². The van der Waals surface area contributed by atoms with Gasteiger partial charge in [-0.05, 0) is 48.0 Å². The van der Waals surface area contributed by atoms with Gasteiger partial charge in [0, 0.05) is 23.9 Å². The molecule has 6 heteroatoms. The Labute approximate surface area is 131 Å². The van der Waals surface area contributed by atoms with Gasteiger partial charge < -0.3 is 4.57 Å². The second-order valence-corrected chi connectivity index (χ2v) is 5.94. The Morgan fingerprint density at radius 3 is 2.71 bits per heavy atom. The molecule has 108 valence electrons. The number of rotatable bonds is 3. The first-order chi connectivity index (χ1) is 10.1. The molecule has 0 saturated carbocycles. The van der Waals surface area contributed by atoms with Crippen molar-refractivity contribution in [1.29, 1.82) is 0 Å². The van der Waals surface area contributed by atoms with E-state index in [9.17, 15) is 0 Å². The Kier molecular flexibility index (Phi) is 3.63. The second-order valence-electron chi connectivity index (χ2n) is 5.03.